The average Bonchev–Trinajstić information content (AvgIpc) is 3.29. The first-order valence-electron chi connectivity index (χ1n) is 10.8. The van der Waals surface area contributed by atoms with Gasteiger partial charge in [0.05, 0.1) is 25.3 Å². The van der Waals surface area contributed by atoms with E-state index in [1.165, 1.54) is 5.56 Å². The van der Waals surface area contributed by atoms with Crippen LogP contribution in [0.3, 0.4) is 0 Å². The second kappa shape index (κ2) is 9.19. The van der Waals surface area contributed by atoms with E-state index >= 15 is 0 Å². The number of fused-ring (bicyclic) bond motifs is 2. The molecule has 0 unspecified atom stereocenters. The number of nitrogens with zero attached hydrogens (tertiary/aromatic N) is 2. The van der Waals surface area contributed by atoms with Gasteiger partial charge in [-0.15, -0.1) is 0 Å². The largest absolute Gasteiger partial charge is 0.493 e. The van der Waals surface area contributed by atoms with Crippen LogP contribution >= 0.6 is 11.8 Å². The summed E-state index contributed by atoms with van der Waals surface area (Å²) < 4.78 is 10.8. The zero-order chi connectivity index (χ0) is 22.8. The molecular formula is C26H25N3O3S. The number of imidazole rings is 1. The number of H-pyrrole nitrogens is 1. The van der Waals surface area contributed by atoms with Gasteiger partial charge in [-0.25, -0.2) is 4.98 Å². The first kappa shape index (κ1) is 21.4. The van der Waals surface area contributed by atoms with Crippen LogP contribution in [0.5, 0.6) is 11.5 Å². The van der Waals surface area contributed by atoms with Crippen molar-refractivity contribution in [2.24, 2.45) is 0 Å². The number of hydrogen-bond donors (Lipinski definition) is 1. The van der Waals surface area contributed by atoms with Gasteiger partial charge in [-0.1, -0.05) is 36.0 Å². The summed E-state index contributed by atoms with van der Waals surface area (Å²) in [6.45, 7) is 1.25. The molecule has 0 saturated carbocycles. The Morgan fingerprint density at radius 3 is 2.48 bits per heavy atom. The third-order valence-corrected chi connectivity index (χ3v) is 6.89. The van der Waals surface area contributed by atoms with Crippen molar-refractivity contribution in [3.8, 4) is 11.5 Å². The van der Waals surface area contributed by atoms with Gasteiger partial charge >= 0.3 is 0 Å². The number of aromatic amines is 1. The highest BCUT2D eigenvalue weighted by Crippen LogP contribution is 2.33. The van der Waals surface area contributed by atoms with Crippen molar-refractivity contribution in [3.63, 3.8) is 0 Å². The van der Waals surface area contributed by atoms with E-state index in [4.69, 9.17) is 9.47 Å². The van der Waals surface area contributed by atoms with Gasteiger partial charge in [0, 0.05) is 24.4 Å². The lowest BCUT2D eigenvalue weighted by molar-refractivity contribution is 0.0734. The molecule has 1 aliphatic heterocycles. The summed E-state index contributed by atoms with van der Waals surface area (Å²) in [6, 6.07) is 19.9. The lowest BCUT2D eigenvalue weighted by atomic mass is 9.98. The molecule has 2 heterocycles. The van der Waals surface area contributed by atoms with Crippen LogP contribution < -0.4 is 9.47 Å². The van der Waals surface area contributed by atoms with Crippen LogP contribution in [0.4, 0.5) is 0 Å². The number of carbonyl (C=O) groups is 1. The highest BCUT2D eigenvalue weighted by Gasteiger charge is 2.23. The number of benzene rings is 3. The first-order chi connectivity index (χ1) is 16.1. The monoisotopic (exact) mass is 459 g/mol. The maximum atomic E-state index is 13.1. The van der Waals surface area contributed by atoms with E-state index in [0.717, 1.165) is 45.2 Å². The second-order valence-corrected chi connectivity index (χ2v) is 8.96. The molecule has 0 atom stereocenters. The van der Waals surface area contributed by atoms with E-state index < -0.39 is 0 Å². The first-order valence-corrected chi connectivity index (χ1v) is 11.8. The molecular weight excluding hydrogens is 434 g/mol. The van der Waals surface area contributed by atoms with Gasteiger partial charge in [-0.3, -0.25) is 4.79 Å². The van der Waals surface area contributed by atoms with Crippen LogP contribution in [-0.4, -0.2) is 41.5 Å². The molecule has 0 fully saturated rings. The molecule has 0 spiro atoms. The number of hydrogen-bond acceptors (Lipinski definition) is 5. The number of para-hydroxylation sites is 2. The van der Waals surface area contributed by atoms with E-state index in [-0.39, 0.29) is 5.91 Å². The maximum Gasteiger partial charge on any atom is 0.254 e. The molecule has 0 saturated heterocycles. The van der Waals surface area contributed by atoms with Gasteiger partial charge in [0.15, 0.2) is 16.7 Å². The molecule has 4 aromatic rings. The van der Waals surface area contributed by atoms with Crippen LogP contribution in [0.15, 0.2) is 65.8 Å². The number of carbonyl (C=O) groups excluding carboxylic acids is 1. The number of aromatic nitrogens is 2. The maximum absolute atomic E-state index is 13.1. The van der Waals surface area contributed by atoms with Crippen molar-refractivity contribution in [1.29, 1.82) is 0 Å². The quantitative estimate of drug-likeness (QED) is 0.408. The molecule has 6 nitrogen and oxygen atoms in total. The van der Waals surface area contributed by atoms with Gasteiger partial charge < -0.3 is 19.4 Å². The lowest BCUT2D eigenvalue weighted by Crippen LogP contribution is -2.36. The second-order valence-electron chi connectivity index (χ2n) is 8.00. The molecule has 1 aromatic heterocycles. The SMILES string of the molecule is COc1cc2c(cc1OC)CN(C(=O)c1ccc(CSc3nc4ccccc4[nH]3)cc1)CC2. The molecule has 1 aliphatic rings. The van der Waals surface area contributed by atoms with Gasteiger partial charge in [0.2, 0.25) is 0 Å². The number of nitrogens with one attached hydrogen (secondary N) is 1. The summed E-state index contributed by atoms with van der Waals surface area (Å²) in [7, 11) is 3.27. The Kier molecular flexibility index (Phi) is 5.96. The van der Waals surface area contributed by atoms with Gasteiger partial charge in [-0.2, -0.15) is 0 Å². The highest BCUT2D eigenvalue weighted by atomic mass is 32.2. The summed E-state index contributed by atoms with van der Waals surface area (Å²) >= 11 is 1.66. The minimum Gasteiger partial charge on any atom is -0.493 e. The van der Waals surface area contributed by atoms with Crippen molar-refractivity contribution in [3.05, 3.63) is 82.9 Å². The zero-order valence-electron chi connectivity index (χ0n) is 18.6. The fraction of sp³-hybridized carbons (Fsp3) is 0.231. The Balaban J connectivity index is 1.24. The van der Waals surface area contributed by atoms with Crippen molar-refractivity contribution < 1.29 is 14.3 Å². The van der Waals surface area contributed by atoms with E-state index in [1.54, 1.807) is 26.0 Å². The molecule has 0 radical (unpaired) electrons. The van der Waals surface area contributed by atoms with E-state index in [0.29, 0.717) is 24.4 Å². The summed E-state index contributed by atoms with van der Waals surface area (Å²) in [5.74, 6) is 2.25. The van der Waals surface area contributed by atoms with Crippen molar-refractivity contribution in [2.45, 2.75) is 23.9 Å². The Morgan fingerprint density at radius 2 is 1.76 bits per heavy atom. The van der Waals surface area contributed by atoms with E-state index in [2.05, 4.69) is 9.97 Å². The van der Waals surface area contributed by atoms with E-state index in [9.17, 15) is 4.79 Å². The third-order valence-electron chi connectivity index (χ3n) is 5.95. The van der Waals surface area contributed by atoms with Crippen LogP contribution in [0.25, 0.3) is 11.0 Å². The Bertz CT molecular complexity index is 1270. The van der Waals surface area contributed by atoms with Crippen LogP contribution in [0.1, 0.15) is 27.0 Å². The molecule has 3 aromatic carbocycles. The fourth-order valence-electron chi connectivity index (χ4n) is 4.13. The van der Waals surface area contributed by atoms with Gasteiger partial charge in [0.1, 0.15) is 0 Å². The summed E-state index contributed by atoms with van der Waals surface area (Å²) in [5, 5.41) is 0.899. The number of methoxy groups -OCH3 is 2. The lowest BCUT2D eigenvalue weighted by Gasteiger charge is -2.29. The molecule has 33 heavy (non-hydrogen) atoms. The molecule has 5 rings (SSSR count). The van der Waals surface area contributed by atoms with Crippen molar-refractivity contribution in [2.75, 3.05) is 20.8 Å². The average molecular weight is 460 g/mol. The minimum absolute atomic E-state index is 0.0481. The molecule has 1 N–H and O–H groups in total. The third kappa shape index (κ3) is 4.41. The Hall–Kier alpha value is -3.45. The van der Waals surface area contributed by atoms with Crippen molar-refractivity contribution >= 4 is 28.7 Å². The molecule has 7 heteroatoms. The predicted octanol–water partition coefficient (Wildman–Crippen LogP) is 5.07. The smallest absolute Gasteiger partial charge is 0.254 e. The van der Waals surface area contributed by atoms with Crippen molar-refractivity contribution in [1.82, 2.24) is 14.9 Å². The summed E-state index contributed by atoms with van der Waals surface area (Å²) in [4.78, 5) is 23.0. The zero-order valence-corrected chi connectivity index (χ0v) is 19.4. The highest BCUT2D eigenvalue weighted by molar-refractivity contribution is 7.98. The van der Waals surface area contributed by atoms with E-state index in [1.807, 2.05) is 65.6 Å². The number of ether oxygens (including phenoxy) is 2. The summed E-state index contributed by atoms with van der Waals surface area (Å²) in [5.41, 5.74) is 6.18. The molecule has 0 aliphatic carbocycles. The number of rotatable bonds is 6. The number of amides is 1. The topological polar surface area (TPSA) is 67.5 Å². The Labute approximate surface area is 196 Å². The predicted molar refractivity (Wildman–Crippen MR) is 130 cm³/mol. The summed E-state index contributed by atoms with van der Waals surface area (Å²) in [6.07, 6.45) is 0.799. The van der Waals surface area contributed by atoms with Crippen LogP contribution in [-0.2, 0) is 18.7 Å². The van der Waals surface area contributed by atoms with Crippen LogP contribution in [0.2, 0.25) is 0 Å². The molecule has 168 valence electrons. The molecule has 1 amide bonds. The van der Waals surface area contributed by atoms with Crippen LogP contribution in [0, 0.1) is 0 Å². The van der Waals surface area contributed by atoms with Gasteiger partial charge in [-0.05, 0) is 59.5 Å². The van der Waals surface area contributed by atoms with Gasteiger partial charge in [0.25, 0.3) is 5.91 Å². The fourth-order valence-corrected chi connectivity index (χ4v) is 4.97. The minimum atomic E-state index is 0.0481. The number of thioether (sulfide) groups is 1. The standard InChI is InChI=1S/C26H25N3O3S/c1-31-23-13-19-11-12-29(15-20(19)14-24(23)32-2)25(30)18-9-7-17(8-10-18)16-33-26-27-21-5-3-4-6-22(21)28-26/h3-10,13-14H,11-12,15-16H2,1-2H3,(H,27,28). The Morgan fingerprint density at radius 1 is 1.03 bits per heavy atom. The normalized spacial score (nSPS) is 13.1. The molecule has 0 bridgehead atoms.